The molecule has 1 aromatic rings. The maximum atomic E-state index is 11.8. The van der Waals surface area contributed by atoms with Gasteiger partial charge in [-0.25, -0.2) is 0 Å². The van der Waals surface area contributed by atoms with Gasteiger partial charge in [-0.3, -0.25) is 4.79 Å². The van der Waals surface area contributed by atoms with Gasteiger partial charge < -0.3 is 11.1 Å². The minimum Gasteiger partial charge on any atom is -0.330 e. The van der Waals surface area contributed by atoms with Crippen LogP contribution >= 0.6 is 11.8 Å². The largest absolute Gasteiger partial charge is 0.330 e. The summed E-state index contributed by atoms with van der Waals surface area (Å²) in [5, 5.41) is 2.88. The van der Waals surface area contributed by atoms with Gasteiger partial charge in [-0.15, -0.1) is 11.8 Å². The fourth-order valence-electron chi connectivity index (χ4n) is 1.35. The lowest BCUT2D eigenvalue weighted by Crippen LogP contribution is -2.22. The zero-order valence-corrected chi connectivity index (χ0v) is 11.0. The molecule has 0 bridgehead atoms. The van der Waals surface area contributed by atoms with E-state index in [4.69, 9.17) is 5.73 Å². The number of hydrogen-bond donors (Lipinski definition) is 2. The molecule has 0 saturated heterocycles. The highest BCUT2D eigenvalue weighted by Gasteiger charge is 2.12. The first-order chi connectivity index (χ1) is 8.24. The molecule has 0 aromatic heterocycles. The lowest BCUT2D eigenvalue weighted by atomic mass is 10.3. The number of benzene rings is 1. The Morgan fingerprint density at radius 3 is 2.71 bits per heavy atom. The third kappa shape index (κ3) is 5.75. The van der Waals surface area contributed by atoms with E-state index in [0.717, 1.165) is 30.8 Å². The Balaban J connectivity index is 2.27. The normalized spacial score (nSPS) is 12.1. The quantitative estimate of drug-likeness (QED) is 0.733. The second-order valence-electron chi connectivity index (χ2n) is 3.86. The fourth-order valence-corrected chi connectivity index (χ4v) is 2.28. The van der Waals surface area contributed by atoms with Crippen molar-refractivity contribution in [2.75, 3.05) is 17.6 Å². The van der Waals surface area contributed by atoms with E-state index in [0.29, 0.717) is 0 Å². The molecule has 0 aliphatic carbocycles. The predicted molar refractivity (Wildman–Crippen MR) is 75.3 cm³/mol. The van der Waals surface area contributed by atoms with E-state index in [2.05, 4.69) is 5.32 Å². The van der Waals surface area contributed by atoms with Crippen LogP contribution in [-0.4, -0.2) is 23.5 Å². The third-order valence-electron chi connectivity index (χ3n) is 2.38. The summed E-state index contributed by atoms with van der Waals surface area (Å²) in [7, 11) is 0. The highest BCUT2D eigenvalue weighted by molar-refractivity contribution is 8.00. The molecule has 0 radical (unpaired) electrons. The average molecular weight is 252 g/mol. The molecule has 0 aliphatic rings. The van der Waals surface area contributed by atoms with E-state index < -0.39 is 0 Å². The first-order valence-corrected chi connectivity index (χ1v) is 6.96. The van der Waals surface area contributed by atoms with Gasteiger partial charge in [-0.1, -0.05) is 18.2 Å². The van der Waals surface area contributed by atoms with E-state index in [1.807, 2.05) is 37.3 Å². The first kappa shape index (κ1) is 14.1. The van der Waals surface area contributed by atoms with Gasteiger partial charge >= 0.3 is 0 Å². The van der Waals surface area contributed by atoms with Gasteiger partial charge in [-0.05, 0) is 44.2 Å². The van der Waals surface area contributed by atoms with Crippen molar-refractivity contribution in [3.8, 4) is 0 Å². The summed E-state index contributed by atoms with van der Waals surface area (Å²) < 4.78 is 0. The van der Waals surface area contributed by atoms with Crippen molar-refractivity contribution in [3.63, 3.8) is 0 Å². The number of carbonyl (C=O) groups is 1. The van der Waals surface area contributed by atoms with Crippen LogP contribution in [0, 0.1) is 0 Å². The smallest absolute Gasteiger partial charge is 0.237 e. The van der Waals surface area contributed by atoms with Gasteiger partial charge in [0, 0.05) is 5.69 Å². The van der Waals surface area contributed by atoms with Crippen LogP contribution in [0.4, 0.5) is 5.69 Å². The number of nitrogens with one attached hydrogen (secondary N) is 1. The van der Waals surface area contributed by atoms with Crippen LogP contribution in [0.15, 0.2) is 30.3 Å². The molecule has 1 aromatic carbocycles. The topological polar surface area (TPSA) is 55.1 Å². The molecule has 0 fully saturated rings. The SMILES string of the molecule is CC(SCCCCN)C(=O)Nc1ccccc1. The Hall–Kier alpha value is -1.00. The summed E-state index contributed by atoms with van der Waals surface area (Å²) in [6, 6.07) is 9.54. The summed E-state index contributed by atoms with van der Waals surface area (Å²) in [6.45, 7) is 2.66. The van der Waals surface area contributed by atoms with Crippen molar-refractivity contribution in [3.05, 3.63) is 30.3 Å². The summed E-state index contributed by atoms with van der Waals surface area (Å²) in [5.41, 5.74) is 6.27. The Morgan fingerprint density at radius 2 is 2.06 bits per heavy atom. The minimum absolute atomic E-state index is 0.0204. The molecular weight excluding hydrogens is 232 g/mol. The van der Waals surface area contributed by atoms with Gasteiger partial charge in [-0.2, -0.15) is 0 Å². The number of thioether (sulfide) groups is 1. The van der Waals surface area contributed by atoms with Crippen LogP contribution in [-0.2, 0) is 4.79 Å². The maximum Gasteiger partial charge on any atom is 0.237 e. The third-order valence-corrected chi connectivity index (χ3v) is 3.62. The van der Waals surface area contributed by atoms with E-state index in [9.17, 15) is 4.79 Å². The van der Waals surface area contributed by atoms with Crippen LogP contribution in [0.3, 0.4) is 0 Å². The van der Waals surface area contributed by atoms with Crippen molar-refractivity contribution < 1.29 is 4.79 Å². The van der Waals surface area contributed by atoms with Gasteiger partial charge in [0.05, 0.1) is 5.25 Å². The molecule has 1 unspecified atom stereocenters. The molecule has 0 heterocycles. The lowest BCUT2D eigenvalue weighted by molar-refractivity contribution is -0.115. The Morgan fingerprint density at radius 1 is 1.35 bits per heavy atom. The molecular formula is C13H20N2OS. The summed E-state index contributed by atoms with van der Waals surface area (Å²) in [4.78, 5) is 11.8. The van der Waals surface area contributed by atoms with E-state index in [1.165, 1.54) is 0 Å². The number of carbonyl (C=O) groups excluding carboxylic acids is 1. The molecule has 1 amide bonds. The summed E-state index contributed by atoms with van der Waals surface area (Å²) in [6.07, 6.45) is 2.10. The zero-order chi connectivity index (χ0) is 12.5. The molecule has 3 nitrogen and oxygen atoms in total. The van der Waals surface area contributed by atoms with Crippen LogP contribution in [0.2, 0.25) is 0 Å². The second kappa shape index (κ2) is 8.14. The molecule has 0 aliphatic heterocycles. The first-order valence-electron chi connectivity index (χ1n) is 5.91. The molecule has 1 rings (SSSR count). The fraction of sp³-hybridized carbons (Fsp3) is 0.462. The van der Waals surface area contributed by atoms with Crippen LogP contribution in [0.5, 0.6) is 0 Å². The maximum absolute atomic E-state index is 11.8. The van der Waals surface area contributed by atoms with E-state index in [-0.39, 0.29) is 11.2 Å². The predicted octanol–water partition coefficient (Wildman–Crippen LogP) is 2.49. The Labute approximate surface area is 107 Å². The van der Waals surface area contributed by atoms with E-state index in [1.54, 1.807) is 11.8 Å². The van der Waals surface area contributed by atoms with Crippen molar-refractivity contribution in [2.45, 2.75) is 25.0 Å². The molecule has 0 saturated carbocycles. The number of rotatable bonds is 7. The molecule has 1 atom stereocenters. The molecule has 4 heteroatoms. The van der Waals surface area contributed by atoms with Crippen LogP contribution in [0.25, 0.3) is 0 Å². The van der Waals surface area contributed by atoms with Gasteiger partial charge in [0.25, 0.3) is 0 Å². The number of para-hydroxylation sites is 1. The standard InChI is InChI=1S/C13H20N2OS/c1-11(17-10-6-5-9-14)13(16)15-12-7-3-2-4-8-12/h2-4,7-8,11H,5-6,9-10,14H2,1H3,(H,15,16). The number of hydrogen-bond acceptors (Lipinski definition) is 3. The highest BCUT2D eigenvalue weighted by Crippen LogP contribution is 2.15. The summed E-state index contributed by atoms with van der Waals surface area (Å²) >= 11 is 1.68. The summed E-state index contributed by atoms with van der Waals surface area (Å²) in [5.74, 6) is 1.05. The van der Waals surface area contributed by atoms with Gasteiger partial charge in [0.2, 0.25) is 5.91 Å². The van der Waals surface area contributed by atoms with Crippen molar-refractivity contribution in [1.29, 1.82) is 0 Å². The molecule has 17 heavy (non-hydrogen) atoms. The Bertz CT molecular complexity index is 329. The number of nitrogens with two attached hydrogens (primary N) is 1. The van der Waals surface area contributed by atoms with Crippen molar-refractivity contribution >= 4 is 23.4 Å². The Kier molecular flexibility index (Phi) is 6.74. The number of anilines is 1. The second-order valence-corrected chi connectivity index (χ2v) is 5.31. The molecule has 3 N–H and O–H groups in total. The van der Waals surface area contributed by atoms with Crippen molar-refractivity contribution in [2.24, 2.45) is 5.73 Å². The highest BCUT2D eigenvalue weighted by atomic mass is 32.2. The van der Waals surface area contributed by atoms with Gasteiger partial charge in [0.1, 0.15) is 0 Å². The average Bonchev–Trinajstić information content (AvgIpc) is 2.35. The van der Waals surface area contributed by atoms with E-state index >= 15 is 0 Å². The van der Waals surface area contributed by atoms with Crippen molar-refractivity contribution in [1.82, 2.24) is 0 Å². The number of unbranched alkanes of at least 4 members (excludes halogenated alkanes) is 1. The monoisotopic (exact) mass is 252 g/mol. The number of amides is 1. The molecule has 0 spiro atoms. The van der Waals surface area contributed by atoms with Crippen LogP contribution in [0.1, 0.15) is 19.8 Å². The minimum atomic E-state index is -0.0204. The molecule has 94 valence electrons. The van der Waals surface area contributed by atoms with Crippen LogP contribution < -0.4 is 11.1 Å². The lowest BCUT2D eigenvalue weighted by Gasteiger charge is -2.11. The zero-order valence-electron chi connectivity index (χ0n) is 10.2. The van der Waals surface area contributed by atoms with Gasteiger partial charge in [0.15, 0.2) is 0 Å².